The molecule has 0 amide bonds. The summed E-state index contributed by atoms with van der Waals surface area (Å²) in [5.41, 5.74) is 2.45. The molecule has 0 aliphatic rings. The fraction of sp³-hybridized carbons (Fsp3) is 0.400. The van der Waals surface area contributed by atoms with Gasteiger partial charge in [0.2, 0.25) is 0 Å². The van der Waals surface area contributed by atoms with Gasteiger partial charge in [0, 0.05) is 6.08 Å². The lowest BCUT2D eigenvalue weighted by molar-refractivity contribution is -0.137. The van der Waals surface area contributed by atoms with Gasteiger partial charge in [0.25, 0.3) is 0 Å². The van der Waals surface area contributed by atoms with E-state index in [1.54, 1.807) is 6.08 Å². The summed E-state index contributed by atoms with van der Waals surface area (Å²) in [4.78, 5) is 11.3. The third-order valence-electron chi connectivity index (χ3n) is 2.64. The van der Waals surface area contributed by atoms with Gasteiger partial charge < -0.3 is 4.74 Å². The standard InChI is InChI=1S/C15H20O2/c1-3-13(12-15(16)17-4-2)10-11-14-8-6-5-7-9-14/h5-9,12H,3-4,10-11H2,1-2H3/b13-12+. The van der Waals surface area contributed by atoms with Crippen molar-refractivity contribution in [3.05, 3.63) is 47.5 Å². The summed E-state index contributed by atoms with van der Waals surface area (Å²) in [7, 11) is 0. The second-order valence-corrected chi connectivity index (χ2v) is 3.89. The molecule has 0 N–H and O–H groups in total. The van der Waals surface area contributed by atoms with Gasteiger partial charge in [-0.05, 0) is 31.7 Å². The van der Waals surface area contributed by atoms with Crippen molar-refractivity contribution in [2.45, 2.75) is 33.1 Å². The summed E-state index contributed by atoms with van der Waals surface area (Å²) in [6.45, 7) is 4.32. The molecule has 2 nitrogen and oxygen atoms in total. The smallest absolute Gasteiger partial charge is 0.330 e. The summed E-state index contributed by atoms with van der Waals surface area (Å²) >= 11 is 0. The summed E-state index contributed by atoms with van der Waals surface area (Å²) in [6, 6.07) is 10.3. The Morgan fingerprint density at radius 3 is 2.53 bits per heavy atom. The third kappa shape index (κ3) is 5.34. The number of esters is 1. The Balaban J connectivity index is 2.50. The quantitative estimate of drug-likeness (QED) is 0.554. The Hall–Kier alpha value is -1.57. The second-order valence-electron chi connectivity index (χ2n) is 3.89. The van der Waals surface area contributed by atoms with Crippen molar-refractivity contribution >= 4 is 5.97 Å². The van der Waals surface area contributed by atoms with Crippen LogP contribution in [0.3, 0.4) is 0 Å². The maximum atomic E-state index is 11.3. The molecule has 0 bridgehead atoms. The van der Waals surface area contributed by atoms with Crippen LogP contribution in [-0.4, -0.2) is 12.6 Å². The number of carbonyl (C=O) groups excluding carboxylic acids is 1. The topological polar surface area (TPSA) is 26.3 Å². The van der Waals surface area contributed by atoms with E-state index in [0.717, 1.165) is 24.8 Å². The first-order valence-electron chi connectivity index (χ1n) is 6.16. The predicted molar refractivity (Wildman–Crippen MR) is 69.8 cm³/mol. The Morgan fingerprint density at radius 2 is 1.94 bits per heavy atom. The average molecular weight is 232 g/mol. The molecular weight excluding hydrogens is 212 g/mol. The maximum Gasteiger partial charge on any atom is 0.330 e. The first kappa shape index (κ1) is 13.5. The first-order chi connectivity index (χ1) is 8.26. The van der Waals surface area contributed by atoms with Crippen molar-refractivity contribution in [2.24, 2.45) is 0 Å². The van der Waals surface area contributed by atoms with Crippen LogP contribution in [-0.2, 0) is 16.0 Å². The average Bonchev–Trinajstić information content (AvgIpc) is 2.36. The van der Waals surface area contributed by atoms with E-state index in [1.807, 2.05) is 25.1 Å². The highest BCUT2D eigenvalue weighted by Crippen LogP contribution is 2.12. The normalized spacial score (nSPS) is 11.3. The number of carbonyl (C=O) groups is 1. The van der Waals surface area contributed by atoms with Crippen LogP contribution in [0.25, 0.3) is 0 Å². The number of hydrogen-bond acceptors (Lipinski definition) is 2. The summed E-state index contributed by atoms with van der Waals surface area (Å²) < 4.78 is 4.91. The summed E-state index contributed by atoms with van der Waals surface area (Å²) in [5.74, 6) is -0.225. The van der Waals surface area contributed by atoms with Gasteiger partial charge in [-0.25, -0.2) is 4.79 Å². The molecule has 1 aromatic carbocycles. The summed E-state index contributed by atoms with van der Waals surface area (Å²) in [5, 5.41) is 0. The number of allylic oxidation sites excluding steroid dienone is 1. The zero-order valence-electron chi connectivity index (χ0n) is 10.6. The lowest BCUT2D eigenvalue weighted by atomic mass is 10.0. The largest absolute Gasteiger partial charge is 0.463 e. The van der Waals surface area contributed by atoms with Gasteiger partial charge in [0.1, 0.15) is 0 Å². The minimum atomic E-state index is -0.225. The molecule has 0 aliphatic heterocycles. The van der Waals surface area contributed by atoms with Crippen LogP contribution < -0.4 is 0 Å². The van der Waals surface area contributed by atoms with E-state index in [4.69, 9.17) is 4.74 Å². The van der Waals surface area contributed by atoms with Crippen LogP contribution in [0.4, 0.5) is 0 Å². The van der Waals surface area contributed by atoms with Crippen molar-refractivity contribution in [1.82, 2.24) is 0 Å². The van der Waals surface area contributed by atoms with Crippen molar-refractivity contribution in [1.29, 1.82) is 0 Å². The van der Waals surface area contributed by atoms with Crippen molar-refractivity contribution in [2.75, 3.05) is 6.61 Å². The van der Waals surface area contributed by atoms with E-state index in [0.29, 0.717) is 6.61 Å². The lowest BCUT2D eigenvalue weighted by Gasteiger charge is -2.05. The van der Waals surface area contributed by atoms with Gasteiger partial charge in [-0.1, -0.05) is 42.8 Å². The van der Waals surface area contributed by atoms with E-state index in [1.165, 1.54) is 5.56 Å². The molecule has 0 fully saturated rings. The molecule has 0 unspecified atom stereocenters. The minimum absolute atomic E-state index is 0.225. The molecule has 0 spiro atoms. The lowest BCUT2D eigenvalue weighted by Crippen LogP contribution is -2.01. The molecule has 0 aromatic heterocycles. The van der Waals surface area contributed by atoms with Crippen molar-refractivity contribution in [3.8, 4) is 0 Å². The Kier molecular flexibility index (Phi) is 6.08. The molecule has 0 aliphatic carbocycles. The monoisotopic (exact) mass is 232 g/mol. The van der Waals surface area contributed by atoms with Crippen LogP contribution in [0.2, 0.25) is 0 Å². The molecule has 17 heavy (non-hydrogen) atoms. The number of aryl methyl sites for hydroxylation is 1. The molecule has 2 heteroatoms. The molecule has 0 radical (unpaired) electrons. The molecule has 92 valence electrons. The number of benzene rings is 1. The van der Waals surface area contributed by atoms with Crippen LogP contribution >= 0.6 is 0 Å². The van der Waals surface area contributed by atoms with Crippen LogP contribution in [0.15, 0.2) is 42.0 Å². The fourth-order valence-electron chi connectivity index (χ4n) is 1.65. The predicted octanol–water partition coefficient (Wildman–Crippen LogP) is 3.52. The van der Waals surface area contributed by atoms with Crippen molar-refractivity contribution in [3.63, 3.8) is 0 Å². The van der Waals surface area contributed by atoms with Gasteiger partial charge >= 0.3 is 5.97 Å². The van der Waals surface area contributed by atoms with Gasteiger partial charge in [0.05, 0.1) is 6.61 Å². The summed E-state index contributed by atoms with van der Waals surface area (Å²) in [6.07, 6.45) is 4.41. The van der Waals surface area contributed by atoms with Gasteiger partial charge in [-0.15, -0.1) is 0 Å². The second kappa shape index (κ2) is 7.66. The molecule has 1 rings (SSSR count). The highest BCUT2D eigenvalue weighted by molar-refractivity contribution is 5.82. The van der Waals surface area contributed by atoms with Crippen LogP contribution in [0.5, 0.6) is 0 Å². The fourth-order valence-corrected chi connectivity index (χ4v) is 1.65. The third-order valence-corrected chi connectivity index (χ3v) is 2.64. The molecule has 0 saturated carbocycles. The highest BCUT2D eigenvalue weighted by atomic mass is 16.5. The first-order valence-corrected chi connectivity index (χ1v) is 6.16. The number of ether oxygens (including phenoxy) is 1. The van der Waals surface area contributed by atoms with Gasteiger partial charge in [0.15, 0.2) is 0 Å². The van der Waals surface area contributed by atoms with Crippen LogP contribution in [0.1, 0.15) is 32.3 Å². The maximum absolute atomic E-state index is 11.3. The molecule has 0 heterocycles. The van der Waals surface area contributed by atoms with Gasteiger partial charge in [-0.3, -0.25) is 0 Å². The van der Waals surface area contributed by atoms with E-state index < -0.39 is 0 Å². The molecular formula is C15H20O2. The number of rotatable bonds is 6. The van der Waals surface area contributed by atoms with E-state index >= 15 is 0 Å². The Morgan fingerprint density at radius 1 is 1.24 bits per heavy atom. The Labute approximate surface area is 103 Å². The highest BCUT2D eigenvalue weighted by Gasteiger charge is 2.01. The molecule has 1 aromatic rings. The van der Waals surface area contributed by atoms with Gasteiger partial charge in [-0.2, -0.15) is 0 Å². The van der Waals surface area contributed by atoms with E-state index in [2.05, 4.69) is 19.1 Å². The SMILES string of the molecule is CCOC(=O)/C=C(\CC)CCc1ccccc1. The zero-order chi connectivity index (χ0) is 12.5. The van der Waals surface area contributed by atoms with E-state index in [-0.39, 0.29) is 5.97 Å². The zero-order valence-corrected chi connectivity index (χ0v) is 10.6. The van der Waals surface area contributed by atoms with Crippen molar-refractivity contribution < 1.29 is 9.53 Å². The molecule has 0 atom stereocenters. The Bertz CT molecular complexity index is 366. The minimum Gasteiger partial charge on any atom is -0.463 e. The molecule has 0 saturated heterocycles. The van der Waals surface area contributed by atoms with E-state index in [9.17, 15) is 4.79 Å². The number of hydrogen-bond donors (Lipinski definition) is 0. The van der Waals surface area contributed by atoms with Crippen LogP contribution in [0, 0.1) is 0 Å².